The van der Waals surface area contributed by atoms with Crippen molar-refractivity contribution < 1.29 is 19.8 Å². The van der Waals surface area contributed by atoms with E-state index in [4.69, 9.17) is 0 Å². The Bertz CT molecular complexity index is 621. The molecule has 0 saturated carbocycles. The summed E-state index contributed by atoms with van der Waals surface area (Å²) in [5.41, 5.74) is 1.65. The van der Waals surface area contributed by atoms with Crippen molar-refractivity contribution in [1.82, 2.24) is 0 Å². The van der Waals surface area contributed by atoms with Crippen molar-refractivity contribution in [3.63, 3.8) is 0 Å². The van der Waals surface area contributed by atoms with Crippen LogP contribution in [0.25, 0.3) is 0 Å². The zero-order chi connectivity index (χ0) is 21.5. The van der Waals surface area contributed by atoms with Gasteiger partial charge in [-0.3, -0.25) is 0 Å². The van der Waals surface area contributed by atoms with Gasteiger partial charge in [0.25, 0.3) is 0 Å². The van der Waals surface area contributed by atoms with Crippen LogP contribution >= 0.6 is 0 Å². The average molecular weight is 405 g/mol. The molecule has 0 aliphatic rings. The van der Waals surface area contributed by atoms with Crippen LogP contribution in [-0.4, -0.2) is 22.2 Å². The van der Waals surface area contributed by atoms with E-state index < -0.39 is 11.9 Å². The van der Waals surface area contributed by atoms with Gasteiger partial charge in [-0.2, -0.15) is 0 Å². The zero-order valence-corrected chi connectivity index (χ0v) is 18.5. The smallest absolute Gasteiger partial charge is 0.336 e. The van der Waals surface area contributed by atoms with E-state index in [-0.39, 0.29) is 11.1 Å². The van der Waals surface area contributed by atoms with Crippen LogP contribution in [0.2, 0.25) is 0 Å². The van der Waals surface area contributed by atoms with Gasteiger partial charge < -0.3 is 10.2 Å². The largest absolute Gasteiger partial charge is 0.478 e. The monoisotopic (exact) mass is 404 g/mol. The van der Waals surface area contributed by atoms with Crippen LogP contribution in [0.4, 0.5) is 0 Å². The fraction of sp³-hybridized carbons (Fsp3) is 0.680. The molecule has 0 bridgehead atoms. The Kier molecular flexibility index (Phi) is 13.1. The first-order chi connectivity index (χ1) is 14.0. The molecule has 0 aromatic heterocycles. The average Bonchev–Trinajstić information content (AvgIpc) is 2.70. The lowest BCUT2D eigenvalue weighted by molar-refractivity contribution is 0.0650. The summed E-state index contributed by atoms with van der Waals surface area (Å²) in [5, 5.41) is 19.1. The number of carbonyl (C=O) groups is 2. The van der Waals surface area contributed by atoms with E-state index >= 15 is 0 Å². The van der Waals surface area contributed by atoms with Crippen LogP contribution in [0.1, 0.15) is 129 Å². The van der Waals surface area contributed by atoms with Gasteiger partial charge in [0.15, 0.2) is 0 Å². The Morgan fingerprint density at radius 3 is 1.66 bits per heavy atom. The second kappa shape index (κ2) is 15.1. The second-order valence-corrected chi connectivity index (χ2v) is 8.13. The number of aryl methyl sites for hydroxylation is 1. The minimum absolute atomic E-state index is 0.00168. The molecule has 1 rings (SSSR count). The first kappa shape index (κ1) is 25.2. The highest BCUT2D eigenvalue weighted by atomic mass is 16.4. The fourth-order valence-corrected chi connectivity index (χ4v) is 3.97. The molecule has 0 spiro atoms. The maximum atomic E-state index is 11.8. The Balaban J connectivity index is 2.55. The van der Waals surface area contributed by atoms with Gasteiger partial charge in [-0.15, -0.1) is 0 Å². The van der Waals surface area contributed by atoms with Crippen LogP contribution in [0.15, 0.2) is 12.1 Å². The molecular weight excluding hydrogens is 364 g/mol. The number of hydrogen-bond acceptors (Lipinski definition) is 2. The van der Waals surface area contributed by atoms with E-state index in [9.17, 15) is 19.8 Å². The van der Waals surface area contributed by atoms with Crippen molar-refractivity contribution in [2.75, 3.05) is 0 Å². The molecule has 1 aromatic rings. The zero-order valence-electron chi connectivity index (χ0n) is 18.5. The van der Waals surface area contributed by atoms with Crippen molar-refractivity contribution in [2.45, 2.75) is 110 Å². The molecule has 0 aliphatic heterocycles. The molecule has 0 amide bonds. The number of unbranched alkanes of at least 4 members (excludes halogenated alkanes) is 11. The summed E-state index contributed by atoms with van der Waals surface area (Å²) in [6.07, 6.45) is 17.1. The maximum Gasteiger partial charge on any atom is 0.336 e. The van der Waals surface area contributed by atoms with E-state index in [1.807, 2.05) is 6.07 Å². The highest BCUT2D eigenvalue weighted by molar-refractivity contribution is 6.03. The van der Waals surface area contributed by atoms with E-state index in [1.54, 1.807) is 0 Å². The quantitative estimate of drug-likeness (QED) is 0.267. The van der Waals surface area contributed by atoms with E-state index in [1.165, 1.54) is 63.9 Å². The topological polar surface area (TPSA) is 74.6 Å². The van der Waals surface area contributed by atoms with Gasteiger partial charge in [0.2, 0.25) is 0 Å². The number of carboxylic acids is 2. The summed E-state index contributed by atoms with van der Waals surface area (Å²) >= 11 is 0. The molecule has 164 valence electrons. The minimum atomic E-state index is -1.16. The lowest BCUT2D eigenvalue weighted by Crippen LogP contribution is -2.14. The van der Waals surface area contributed by atoms with Crippen molar-refractivity contribution >= 4 is 11.9 Å². The molecule has 0 fully saturated rings. The van der Waals surface area contributed by atoms with Crippen molar-refractivity contribution in [3.05, 3.63) is 34.4 Å². The molecule has 4 heteroatoms. The summed E-state index contributed by atoms with van der Waals surface area (Å²) in [6, 6.07) is 3.28. The summed E-state index contributed by atoms with van der Waals surface area (Å²) in [6.45, 7) is 4.34. The SMILES string of the molecule is CCCCCCCCCCCCCc1c(CCCC)ccc(C(=O)O)c1C(=O)O. The molecule has 0 aliphatic carbocycles. The standard InChI is InChI=1S/C25H40O4/c1-3-5-7-8-9-10-11-12-13-14-15-17-21-20(16-6-4-2)18-19-22(24(26)27)23(21)25(28)29/h18-19H,3-17H2,1-2H3,(H,26,27)(H,28,29). The second-order valence-electron chi connectivity index (χ2n) is 8.13. The van der Waals surface area contributed by atoms with Crippen LogP contribution in [0.5, 0.6) is 0 Å². The third-order valence-corrected chi connectivity index (χ3v) is 5.68. The van der Waals surface area contributed by atoms with Crippen molar-refractivity contribution in [2.24, 2.45) is 0 Å². The predicted molar refractivity (Wildman–Crippen MR) is 119 cm³/mol. The normalized spacial score (nSPS) is 11.0. The first-order valence-corrected chi connectivity index (χ1v) is 11.6. The molecule has 0 radical (unpaired) electrons. The number of hydrogen-bond donors (Lipinski definition) is 2. The number of rotatable bonds is 17. The summed E-state index contributed by atoms with van der Waals surface area (Å²) < 4.78 is 0. The predicted octanol–water partition coefficient (Wildman–Crippen LogP) is 7.28. The number of carboxylic acid groups (broad SMARTS) is 2. The third-order valence-electron chi connectivity index (χ3n) is 5.68. The van der Waals surface area contributed by atoms with Crippen LogP contribution in [0, 0.1) is 0 Å². The molecular formula is C25H40O4. The van der Waals surface area contributed by atoms with Gasteiger partial charge >= 0.3 is 11.9 Å². The fourth-order valence-electron chi connectivity index (χ4n) is 3.97. The molecule has 0 unspecified atom stereocenters. The molecule has 0 atom stereocenters. The van der Waals surface area contributed by atoms with Crippen molar-refractivity contribution in [1.29, 1.82) is 0 Å². The molecule has 2 N–H and O–H groups in total. The lowest BCUT2D eigenvalue weighted by Gasteiger charge is -2.15. The molecule has 0 heterocycles. The van der Waals surface area contributed by atoms with Crippen LogP contribution in [-0.2, 0) is 12.8 Å². The highest BCUT2D eigenvalue weighted by Gasteiger charge is 2.22. The molecule has 0 saturated heterocycles. The van der Waals surface area contributed by atoms with Crippen molar-refractivity contribution in [3.8, 4) is 0 Å². The first-order valence-electron chi connectivity index (χ1n) is 11.6. The molecule has 4 nitrogen and oxygen atoms in total. The maximum absolute atomic E-state index is 11.8. The van der Waals surface area contributed by atoms with Gasteiger partial charge in [0.1, 0.15) is 0 Å². The Labute approximate surface area is 176 Å². The van der Waals surface area contributed by atoms with Gasteiger partial charge in [0.05, 0.1) is 11.1 Å². The van der Waals surface area contributed by atoms with Crippen LogP contribution < -0.4 is 0 Å². The minimum Gasteiger partial charge on any atom is -0.478 e. The highest BCUT2D eigenvalue weighted by Crippen LogP contribution is 2.24. The number of benzene rings is 1. The third kappa shape index (κ3) is 9.47. The van der Waals surface area contributed by atoms with E-state index in [2.05, 4.69) is 13.8 Å². The number of aromatic carboxylic acids is 2. The Morgan fingerprint density at radius 1 is 0.655 bits per heavy atom. The van der Waals surface area contributed by atoms with Gasteiger partial charge in [-0.25, -0.2) is 9.59 Å². The van der Waals surface area contributed by atoms with Crippen LogP contribution in [0.3, 0.4) is 0 Å². The summed E-state index contributed by atoms with van der Waals surface area (Å²) in [4.78, 5) is 23.3. The Hall–Kier alpha value is -1.84. The summed E-state index contributed by atoms with van der Waals surface area (Å²) in [7, 11) is 0. The summed E-state index contributed by atoms with van der Waals surface area (Å²) in [5.74, 6) is -2.29. The van der Waals surface area contributed by atoms with Gasteiger partial charge in [0, 0.05) is 0 Å². The van der Waals surface area contributed by atoms with Gasteiger partial charge in [-0.1, -0.05) is 90.5 Å². The molecule has 1 aromatic carbocycles. The van der Waals surface area contributed by atoms with E-state index in [0.29, 0.717) is 6.42 Å². The lowest BCUT2D eigenvalue weighted by atomic mass is 9.89. The Morgan fingerprint density at radius 2 is 1.17 bits per heavy atom. The van der Waals surface area contributed by atoms with E-state index in [0.717, 1.165) is 43.2 Å². The van der Waals surface area contributed by atoms with Gasteiger partial charge in [-0.05, 0) is 42.9 Å². The molecule has 29 heavy (non-hydrogen) atoms.